The van der Waals surface area contributed by atoms with Gasteiger partial charge >= 0.3 is 0 Å². The highest BCUT2D eigenvalue weighted by atomic mass is 16.7. The van der Waals surface area contributed by atoms with Crippen molar-refractivity contribution in [3.8, 4) is 11.5 Å². The van der Waals surface area contributed by atoms with Crippen molar-refractivity contribution in [2.75, 3.05) is 13.7 Å². The molecule has 2 aliphatic heterocycles. The minimum absolute atomic E-state index is 0.128. The van der Waals surface area contributed by atoms with Crippen molar-refractivity contribution in [2.45, 2.75) is 30.6 Å². The summed E-state index contributed by atoms with van der Waals surface area (Å²) in [6.07, 6.45) is -3.66. The van der Waals surface area contributed by atoms with Crippen molar-refractivity contribution >= 4 is 5.96 Å². The fraction of sp³-hybridized carbons (Fsp3) is 0.500. The van der Waals surface area contributed by atoms with Gasteiger partial charge in [0.05, 0.1) is 0 Å². The van der Waals surface area contributed by atoms with Gasteiger partial charge in [0.1, 0.15) is 24.9 Å². The number of aliphatic hydroxyl groups excluding tert-OH is 1. The van der Waals surface area contributed by atoms with E-state index in [2.05, 4.69) is 4.99 Å². The second kappa shape index (κ2) is 7.09. The van der Waals surface area contributed by atoms with E-state index < -0.39 is 41.6 Å². The molecule has 0 unspecified atom stereocenters. The largest absolute Gasteiger partial charge is 0.487 e. The van der Waals surface area contributed by atoms with Crippen LogP contribution in [0, 0.1) is 10.1 Å². The first-order chi connectivity index (χ1) is 12.0. The smallest absolute Gasteiger partial charge is 0.252 e. The molecule has 0 aliphatic carbocycles. The number of fused-ring (bicyclic) bond motifs is 2. The highest BCUT2D eigenvalue weighted by molar-refractivity contribution is 5.76. The minimum Gasteiger partial charge on any atom is -0.487 e. The maximum atomic E-state index is 10.5. The molecule has 0 bridgehead atoms. The van der Waals surface area contributed by atoms with Gasteiger partial charge in [0.25, 0.3) is 5.96 Å². The third kappa shape index (κ3) is 3.57. The van der Waals surface area contributed by atoms with Crippen LogP contribution in [0.5, 0.6) is 11.5 Å². The van der Waals surface area contributed by atoms with Crippen LogP contribution < -0.4 is 20.6 Å². The standard InChI is InChI=1S/C14H18N4O7/c1-22-13-11(19)10(16-14(15)17-18(20)21)12-9(25-13)6-23-7-4-2-3-5-8(7)24-12/h2-5,9-13,19H,6H2,1H3,(H3,15,16,17)/t9-,10-,11+,12-,13-/m0/s1. The van der Waals surface area contributed by atoms with Gasteiger partial charge in [-0.1, -0.05) is 17.6 Å². The number of rotatable bonds is 3. The van der Waals surface area contributed by atoms with Gasteiger partial charge in [-0.3, -0.25) is 0 Å². The van der Waals surface area contributed by atoms with E-state index in [1.807, 2.05) is 0 Å². The zero-order chi connectivity index (χ0) is 18.0. The number of nitro groups is 1. The molecule has 4 N–H and O–H groups in total. The van der Waals surface area contributed by atoms with Crippen LogP contribution in [0.25, 0.3) is 0 Å². The van der Waals surface area contributed by atoms with Gasteiger partial charge in [0.15, 0.2) is 28.9 Å². The van der Waals surface area contributed by atoms with Gasteiger partial charge in [-0.25, -0.2) is 15.1 Å². The molecule has 1 saturated heterocycles. The number of hydrogen-bond donors (Lipinski definition) is 3. The van der Waals surface area contributed by atoms with E-state index in [0.717, 1.165) is 0 Å². The third-order valence-corrected chi connectivity index (χ3v) is 3.88. The van der Waals surface area contributed by atoms with E-state index in [-0.39, 0.29) is 6.61 Å². The van der Waals surface area contributed by atoms with Crippen LogP contribution in [0.4, 0.5) is 0 Å². The minimum atomic E-state index is -1.25. The van der Waals surface area contributed by atoms with E-state index >= 15 is 0 Å². The van der Waals surface area contributed by atoms with Crippen molar-refractivity contribution in [3.63, 3.8) is 0 Å². The van der Waals surface area contributed by atoms with Crippen LogP contribution in [0.2, 0.25) is 0 Å². The third-order valence-electron chi connectivity index (χ3n) is 3.88. The first-order valence-corrected chi connectivity index (χ1v) is 7.48. The summed E-state index contributed by atoms with van der Waals surface area (Å²) in [6.45, 7) is 0.128. The quantitative estimate of drug-likeness (QED) is 0.269. The van der Waals surface area contributed by atoms with Gasteiger partial charge < -0.3 is 29.8 Å². The van der Waals surface area contributed by atoms with Gasteiger partial charge in [-0.15, -0.1) is 0 Å². The van der Waals surface area contributed by atoms with E-state index in [1.54, 1.807) is 29.7 Å². The molecule has 1 aromatic rings. The number of hydrazine groups is 1. The Hall–Kier alpha value is -2.63. The number of nitrogens with two attached hydrogens (primary N) is 1. The molecule has 0 saturated carbocycles. The van der Waals surface area contributed by atoms with Crippen molar-refractivity contribution in [3.05, 3.63) is 34.4 Å². The lowest BCUT2D eigenvalue weighted by Crippen LogP contribution is -2.61. The summed E-state index contributed by atoms with van der Waals surface area (Å²) in [5.41, 5.74) is 7.27. The topological polar surface area (TPSA) is 151 Å². The zero-order valence-electron chi connectivity index (χ0n) is 13.3. The summed E-state index contributed by atoms with van der Waals surface area (Å²) in [6, 6.07) is 6.02. The molecule has 11 heteroatoms. The monoisotopic (exact) mass is 354 g/mol. The number of hydrogen-bond acceptors (Lipinski definition) is 8. The van der Waals surface area contributed by atoms with E-state index in [9.17, 15) is 15.2 Å². The number of nitrogens with one attached hydrogen (secondary N) is 1. The molecule has 136 valence electrons. The van der Waals surface area contributed by atoms with Gasteiger partial charge in [-0.05, 0) is 12.1 Å². The Morgan fingerprint density at radius 1 is 1.48 bits per heavy atom. The molecule has 11 nitrogen and oxygen atoms in total. The Bertz CT molecular complexity index is 670. The Balaban J connectivity index is 1.93. The molecule has 0 radical (unpaired) electrons. The second-order valence-corrected chi connectivity index (χ2v) is 5.48. The molecule has 2 aliphatic rings. The highest BCUT2D eigenvalue weighted by Gasteiger charge is 2.49. The Morgan fingerprint density at radius 3 is 2.88 bits per heavy atom. The van der Waals surface area contributed by atoms with Crippen molar-refractivity contribution in [1.82, 2.24) is 5.43 Å². The summed E-state index contributed by atoms with van der Waals surface area (Å²) in [5.74, 6) is 0.498. The molecule has 0 amide bonds. The molecule has 0 spiro atoms. The first kappa shape index (κ1) is 17.2. The molecule has 1 fully saturated rings. The molecule has 2 heterocycles. The maximum absolute atomic E-state index is 10.5. The highest BCUT2D eigenvalue weighted by Crippen LogP contribution is 2.36. The van der Waals surface area contributed by atoms with Crippen LogP contribution in [0.15, 0.2) is 29.3 Å². The lowest BCUT2D eigenvalue weighted by Gasteiger charge is -2.41. The molecule has 5 atom stereocenters. The Kier molecular flexibility index (Phi) is 4.88. The maximum Gasteiger partial charge on any atom is 0.252 e. The molecule has 0 aromatic heterocycles. The van der Waals surface area contributed by atoms with Gasteiger partial charge in [0, 0.05) is 7.11 Å². The predicted octanol–water partition coefficient (Wildman–Crippen LogP) is -0.977. The molecule has 3 rings (SSSR count). The number of guanidine groups is 1. The van der Waals surface area contributed by atoms with Crippen molar-refractivity contribution < 1.29 is 29.1 Å². The number of ether oxygens (including phenoxy) is 4. The Labute approximate surface area is 142 Å². The molecular formula is C14H18N4O7. The summed E-state index contributed by atoms with van der Waals surface area (Å²) >= 11 is 0. The van der Waals surface area contributed by atoms with Crippen LogP contribution in [-0.4, -0.2) is 60.5 Å². The first-order valence-electron chi connectivity index (χ1n) is 7.48. The van der Waals surface area contributed by atoms with E-state index in [1.165, 1.54) is 7.11 Å². The average molecular weight is 354 g/mol. The van der Waals surface area contributed by atoms with Gasteiger partial charge in [-0.2, -0.15) is 0 Å². The summed E-state index contributed by atoms with van der Waals surface area (Å²) in [5, 5.41) is 20.1. The Morgan fingerprint density at radius 2 is 2.20 bits per heavy atom. The SMILES string of the molecule is CO[C@H]1O[C@H]2COc3ccccc3O[C@@H]2[C@@H](N=C(N)N[N+](=O)[O-])[C@H]1O. The van der Waals surface area contributed by atoms with E-state index in [4.69, 9.17) is 24.7 Å². The summed E-state index contributed by atoms with van der Waals surface area (Å²) < 4.78 is 22.4. The van der Waals surface area contributed by atoms with E-state index in [0.29, 0.717) is 11.5 Å². The van der Waals surface area contributed by atoms with Crippen LogP contribution in [0.3, 0.4) is 0 Å². The molecule has 25 heavy (non-hydrogen) atoms. The number of aliphatic hydroxyl groups is 1. The molecular weight excluding hydrogens is 336 g/mol. The number of para-hydroxylation sites is 2. The fourth-order valence-corrected chi connectivity index (χ4v) is 2.80. The van der Waals surface area contributed by atoms with Crippen molar-refractivity contribution in [2.24, 2.45) is 10.7 Å². The number of aliphatic imine (C=N–C) groups is 1. The zero-order valence-corrected chi connectivity index (χ0v) is 13.3. The lowest BCUT2D eigenvalue weighted by molar-refractivity contribution is -0.525. The lowest BCUT2D eigenvalue weighted by atomic mass is 9.96. The van der Waals surface area contributed by atoms with Gasteiger partial charge in [0.2, 0.25) is 0 Å². The normalized spacial score (nSPS) is 31.6. The average Bonchev–Trinajstić information content (AvgIpc) is 2.76. The van der Waals surface area contributed by atoms with Crippen LogP contribution in [0.1, 0.15) is 0 Å². The van der Waals surface area contributed by atoms with Crippen molar-refractivity contribution in [1.29, 1.82) is 0 Å². The second-order valence-electron chi connectivity index (χ2n) is 5.48. The number of benzene rings is 1. The number of nitrogens with zero attached hydrogens (tertiary/aromatic N) is 2. The van der Waals surface area contributed by atoms with Crippen LogP contribution in [-0.2, 0) is 9.47 Å². The summed E-state index contributed by atoms with van der Waals surface area (Å²) in [7, 11) is 1.36. The fourth-order valence-electron chi connectivity index (χ4n) is 2.80. The predicted molar refractivity (Wildman–Crippen MR) is 83.6 cm³/mol. The summed E-state index contributed by atoms with van der Waals surface area (Å²) in [4.78, 5) is 14.5. The van der Waals surface area contributed by atoms with Crippen LogP contribution >= 0.6 is 0 Å². The molecule has 1 aromatic carbocycles. The number of methoxy groups -OCH3 is 1.